The molecule has 1 aromatic carbocycles. The molecule has 0 spiro atoms. The summed E-state index contributed by atoms with van der Waals surface area (Å²) in [7, 11) is 0. The zero-order chi connectivity index (χ0) is 19.2. The lowest BCUT2D eigenvalue weighted by Gasteiger charge is -2.23. The largest absolute Gasteiger partial charge is 0.370 e. The highest BCUT2D eigenvalue weighted by Gasteiger charge is 2.20. The van der Waals surface area contributed by atoms with Gasteiger partial charge in [-0.15, -0.1) is 5.10 Å². The summed E-state index contributed by atoms with van der Waals surface area (Å²) in [5, 5.41) is 15.3. The number of hydrogen-bond acceptors (Lipinski definition) is 6. The molecule has 0 fully saturated rings. The molecule has 0 bridgehead atoms. The van der Waals surface area contributed by atoms with Crippen LogP contribution in [0.4, 0.5) is 5.69 Å². The number of rotatable bonds is 8. The quantitative estimate of drug-likeness (QED) is 0.713. The van der Waals surface area contributed by atoms with Gasteiger partial charge in [0.05, 0.1) is 11.3 Å². The molecule has 142 valence electrons. The monoisotopic (exact) mass is 376 g/mol. The summed E-state index contributed by atoms with van der Waals surface area (Å²) in [5.74, 6) is 0.284. The SMILES string of the molecule is CCN(CCNC(=O)CSc1nnnn1C(C)(C)C)c1cccc(C)c1. The maximum Gasteiger partial charge on any atom is 0.230 e. The minimum absolute atomic E-state index is 0.0150. The fourth-order valence-electron chi connectivity index (χ4n) is 2.50. The Hall–Kier alpha value is -2.09. The van der Waals surface area contributed by atoms with Crippen LogP contribution in [0.15, 0.2) is 29.4 Å². The summed E-state index contributed by atoms with van der Waals surface area (Å²) in [6.07, 6.45) is 0. The number of nitrogens with zero attached hydrogens (tertiary/aromatic N) is 5. The Morgan fingerprint density at radius 2 is 2.12 bits per heavy atom. The first-order valence-electron chi connectivity index (χ1n) is 8.81. The van der Waals surface area contributed by atoms with E-state index in [0.29, 0.717) is 17.5 Å². The van der Waals surface area contributed by atoms with Crippen molar-refractivity contribution in [2.45, 2.75) is 45.3 Å². The molecule has 7 nitrogen and oxygen atoms in total. The molecule has 2 rings (SSSR count). The van der Waals surface area contributed by atoms with Gasteiger partial charge in [0.15, 0.2) is 0 Å². The summed E-state index contributed by atoms with van der Waals surface area (Å²) < 4.78 is 1.74. The molecular weight excluding hydrogens is 348 g/mol. The van der Waals surface area contributed by atoms with Gasteiger partial charge in [-0.05, 0) is 62.7 Å². The van der Waals surface area contributed by atoms with Crippen LogP contribution in [-0.4, -0.2) is 51.5 Å². The van der Waals surface area contributed by atoms with Crippen LogP contribution in [0, 0.1) is 6.92 Å². The van der Waals surface area contributed by atoms with Crippen LogP contribution in [0.3, 0.4) is 0 Å². The zero-order valence-electron chi connectivity index (χ0n) is 16.2. The average molecular weight is 377 g/mol. The van der Waals surface area contributed by atoms with Crippen molar-refractivity contribution in [3.8, 4) is 0 Å². The Bertz CT molecular complexity index is 724. The first-order valence-corrected chi connectivity index (χ1v) is 9.79. The topological polar surface area (TPSA) is 75.9 Å². The molecule has 2 aromatic rings. The summed E-state index contributed by atoms with van der Waals surface area (Å²) in [4.78, 5) is 14.4. The minimum Gasteiger partial charge on any atom is -0.370 e. The first-order chi connectivity index (χ1) is 12.3. The van der Waals surface area contributed by atoms with Crippen LogP contribution in [0.25, 0.3) is 0 Å². The van der Waals surface area contributed by atoms with E-state index in [1.165, 1.54) is 23.0 Å². The van der Waals surface area contributed by atoms with Gasteiger partial charge in [-0.2, -0.15) is 0 Å². The molecule has 0 unspecified atom stereocenters. The minimum atomic E-state index is -0.211. The van der Waals surface area contributed by atoms with Crippen molar-refractivity contribution in [3.05, 3.63) is 29.8 Å². The third-order valence-corrected chi connectivity index (χ3v) is 4.78. The second-order valence-corrected chi connectivity index (χ2v) is 8.04. The van der Waals surface area contributed by atoms with Crippen molar-refractivity contribution in [3.63, 3.8) is 0 Å². The van der Waals surface area contributed by atoms with Gasteiger partial charge in [-0.25, -0.2) is 4.68 Å². The van der Waals surface area contributed by atoms with Crippen LogP contribution in [-0.2, 0) is 10.3 Å². The maximum absolute atomic E-state index is 12.1. The predicted molar refractivity (Wildman–Crippen MR) is 106 cm³/mol. The number of benzene rings is 1. The van der Waals surface area contributed by atoms with E-state index in [4.69, 9.17) is 0 Å². The molecule has 0 atom stereocenters. The molecule has 1 N–H and O–H groups in total. The van der Waals surface area contributed by atoms with Gasteiger partial charge >= 0.3 is 0 Å². The van der Waals surface area contributed by atoms with Crippen molar-refractivity contribution in [2.75, 3.05) is 30.3 Å². The molecule has 0 saturated heterocycles. The first kappa shape index (κ1) is 20.2. The molecule has 26 heavy (non-hydrogen) atoms. The summed E-state index contributed by atoms with van der Waals surface area (Å²) in [5.41, 5.74) is 2.20. The normalized spacial score (nSPS) is 11.4. The van der Waals surface area contributed by atoms with Crippen molar-refractivity contribution < 1.29 is 4.79 Å². The number of nitrogens with one attached hydrogen (secondary N) is 1. The van der Waals surface area contributed by atoms with E-state index >= 15 is 0 Å². The van der Waals surface area contributed by atoms with Crippen LogP contribution in [0.5, 0.6) is 0 Å². The number of carbonyl (C=O) groups excluding carboxylic acids is 1. The molecule has 0 saturated carbocycles. The van der Waals surface area contributed by atoms with E-state index in [2.05, 4.69) is 63.9 Å². The van der Waals surface area contributed by atoms with Gasteiger partial charge in [-0.1, -0.05) is 23.9 Å². The second kappa shape index (κ2) is 9.02. The summed E-state index contributed by atoms with van der Waals surface area (Å²) in [6.45, 7) is 12.6. The Balaban J connectivity index is 1.79. The fourth-order valence-corrected chi connectivity index (χ4v) is 3.39. The number of tetrazole rings is 1. The Morgan fingerprint density at radius 1 is 1.35 bits per heavy atom. The summed E-state index contributed by atoms with van der Waals surface area (Å²) in [6, 6.07) is 8.40. The molecule has 0 radical (unpaired) electrons. The summed E-state index contributed by atoms with van der Waals surface area (Å²) >= 11 is 1.35. The molecule has 0 aliphatic heterocycles. The smallest absolute Gasteiger partial charge is 0.230 e. The maximum atomic E-state index is 12.1. The number of aryl methyl sites for hydroxylation is 1. The van der Waals surface area contributed by atoms with Crippen LogP contribution in [0.2, 0.25) is 0 Å². The van der Waals surface area contributed by atoms with Crippen LogP contribution < -0.4 is 10.2 Å². The third-order valence-electron chi connectivity index (χ3n) is 3.86. The fraction of sp³-hybridized carbons (Fsp3) is 0.556. The van der Waals surface area contributed by atoms with Crippen molar-refractivity contribution in [2.24, 2.45) is 0 Å². The van der Waals surface area contributed by atoms with Crippen molar-refractivity contribution >= 4 is 23.4 Å². The molecule has 0 aliphatic carbocycles. The number of aromatic nitrogens is 4. The lowest BCUT2D eigenvalue weighted by molar-refractivity contribution is -0.118. The van der Waals surface area contributed by atoms with Gasteiger partial charge in [-0.3, -0.25) is 4.79 Å². The number of thioether (sulfide) groups is 1. The molecular formula is C18H28N6OS. The lowest BCUT2D eigenvalue weighted by atomic mass is 10.1. The van der Waals surface area contributed by atoms with Crippen LogP contribution in [0.1, 0.15) is 33.3 Å². The number of carbonyl (C=O) groups is 1. The standard InChI is InChI=1S/C18H28N6OS/c1-6-23(15-9-7-8-14(2)12-15)11-10-19-16(25)13-26-17-20-21-22-24(17)18(3,4)5/h7-9,12H,6,10-11,13H2,1-5H3,(H,19,25). The Morgan fingerprint density at radius 3 is 2.77 bits per heavy atom. The molecule has 8 heteroatoms. The van der Waals surface area contributed by atoms with Crippen molar-refractivity contribution in [1.29, 1.82) is 0 Å². The van der Waals surface area contributed by atoms with Crippen LogP contribution >= 0.6 is 11.8 Å². The number of anilines is 1. The molecule has 1 amide bonds. The molecule has 0 aliphatic rings. The zero-order valence-corrected chi connectivity index (χ0v) is 17.0. The number of hydrogen-bond donors (Lipinski definition) is 1. The van der Waals surface area contributed by atoms with E-state index in [1.54, 1.807) is 4.68 Å². The molecule has 1 heterocycles. The van der Waals surface area contributed by atoms with Gasteiger partial charge < -0.3 is 10.2 Å². The third kappa shape index (κ3) is 5.72. The van der Waals surface area contributed by atoms with E-state index in [0.717, 1.165) is 13.1 Å². The number of amides is 1. The van der Waals surface area contributed by atoms with Gasteiger partial charge in [0, 0.05) is 25.3 Å². The highest BCUT2D eigenvalue weighted by Crippen LogP contribution is 2.21. The lowest BCUT2D eigenvalue weighted by Crippen LogP contribution is -2.35. The average Bonchev–Trinajstić information content (AvgIpc) is 3.06. The highest BCUT2D eigenvalue weighted by atomic mass is 32.2. The van der Waals surface area contributed by atoms with Crippen molar-refractivity contribution in [1.82, 2.24) is 25.5 Å². The van der Waals surface area contributed by atoms with E-state index in [-0.39, 0.29) is 11.4 Å². The van der Waals surface area contributed by atoms with E-state index in [1.807, 2.05) is 20.8 Å². The predicted octanol–water partition coefficient (Wildman–Crippen LogP) is 2.47. The van der Waals surface area contributed by atoms with Gasteiger partial charge in [0.1, 0.15) is 0 Å². The van der Waals surface area contributed by atoms with E-state index in [9.17, 15) is 4.79 Å². The second-order valence-electron chi connectivity index (χ2n) is 7.10. The Kier molecular flexibility index (Phi) is 7.02. The number of likely N-dealkylation sites (N-methyl/N-ethyl adjacent to an activating group) is 1. The highest BCUT2D eigenvalue weighted by molar-refractivity contribution is 7.99. The Labute approximate surface area is 159 Å². The molecule has 1 aromatic heterocycles. The van der Waals surface area contributed by atoms with E-state index < -0.39 is 0 Å². The van der Waals surface area contributed by atoms with Gasteiger partial charge in [0.2, 0.25) is 11.1 Å². The van der Waals surface area contributed by atoms with Gasteiger partial charge in [0.25, 0.3) is 0 Å².